The number of furan rings is 1. The number of benzene rings is 1. The molecule has 1 heterocycles. The largest absolute Gasteiger partial charge is 0.459 e. The molecule has 2 rings (SSSR count). The lowest BCUT2D eigenvalue weighted by atomic mass is 10.1. The number of para-hydroxylation sites is 1. The molecule has 0 aliphatic rings. The molecule has 19 heavy (non-hydrogen) atoms. The second-order valence-electron chi connectivity index (χ2n) is 4.48. The van der Waals surface area contributed by atoms with E-state index in [-0.39, 0.29) is 0 Å². The normalized spacial score (nSPS) is 11.0. The quantitative estimate of drug-likeness (QED) is 0.580. The number of ether oxygens (including phenoxy) is 1. The standard InChI is InChI=1S/C16H21NO2/c1-3-9-17-11-16-14(12-18-10-4-2)13-7-5-6-8-15(13)19-16/h4-8,17H,2-3,9-12H2,1H3. The Morgan fingerprint density at radius 3 is 3.00 bits per heavy atom. The molecule has 0 saturated heterocycles. The van der Waals surface area contributed by atoms with Gasteiger partial charge in [-0.3, -0.25) is 0 Å². The lowest BCUT2D eigenvalue weighted by Gasteiger charge is -2.04. The van der Waals surface area contributed by atoms with Gasteiger partial charge in [-0.15, -0.1) is 6.58 Å². The van der Waals surface area contributed by atoms with Crippen LogP contribution in [0, 0.1) is 0 Å². The number of fused-ring (bicyclic) bond motifs is 1. The van der Waals surface area contributed by atoms with Gasteiger partial charge in [0.2, 0.25) is 0 Å². The van der Waals surface area contributed by atoms with Crippen molar-refractivity contribution < 1.29 is 9.15 Å². The number of nitrogens with one attached hydrogen (secondary N) is 1. The predicted molar refractivity (Wildman–Crippen MR) is 78.1 cm³/mol. The molecule has 1 aromatic heterocycles. The van der Waals surface area contributed by atoms with Gasteiger partial charge >= 0.3 is 0 Å². The van der Waals surface area contributed by atoms with E-state index in [0.29, 0.717) is 13.2 Å². The number of hydrogen-bond donors (Lipinski definition) is 1. The van der Waals surface area contributed by atoms with Gasteiger partial charge in [-0.2, -0.15) is 0 Å². The molecule has 0 aliphatic heterocycles. The highest BCUT2D eigenvalue weighted by Gasteiger charge is 2.13. The van der Waals surface area contributed by atoms with Gasteiger partial charge < -0.3 is 14.5 Å². The summed E-state index contributed by atoms with van der Waals surface area (Å²) in [5.41, 5.74) is 2.06. The minimum atomic E-state index is 0.557. The highest BCUT2D eigenvalue weighted by Crippen LogP contribution is 2.26. The summed E-state index contributed by atoms with van der Waals surface area (Å²) in [4.78, 5) is 0. The Morgan fingerprint density at radius 1 is 1.37 bits per heavy atom. The van der Waals surface area contributed by atoms with Gasteiger partial charge in [-0.1, -0.05) is 31.2 Å². The zero-order valence-electron chi connectivity index (χ0n) is 11.4. The summed E-state index contributed by atoms with van der Waals surface area (Å²) in [6.45, 7) is 8.67. The van der Waals surface area contributed by atoms with Crippen molar-refractivity contribution >= 4 is 11.0 Å². The number of hydrogen-bond acceptors (Lipinski definition) is 3. The minimum Gasteiger partial charge on any atom is -0.459 e. The summed E-state index contributed by atoms with van der Waals surface area (Å²) in [5.74, 6) is 0.971. The monoisotopic (exact) mass is 259 g/mol. The molecule has 3 nitrogen and oxygen atoms in total. The summed E-state index contributed by atoms with van der Waals surface area (Å²) < 4.78 is 11.5. The van der Waals surface area contributed by atoms with Gasteiger partial charge in [0.1, 0.15) is 11.3 Å². The highest BCUT2D eigenvalue weighted by atomic mass is 16.5. The van der Waals surface area contributed by atoms with E-state index >= 15 is 0 Å². The van der Waals surface area contributed by atoms with Crippen molar-refractivity contribution in [2.24, 2.45) is 0 Å². The van der Waals surface area contributed by atoms with Crippen molar-refractivity contribution in [3.63, 3.8) is 0 Å². The molecule has 0 aliphatic carbocycles. The first-order valence-corrected chi connectivity index (χ1v) is 6.75. The third-order valence-corrected chi connectivity index (χ3v) is 2.98. The van der Waals surface area contributed by atoms with Gasteiger partial charge in [0.25, 0.3) is 0 Å². The summed E-state index contributed by atoms with van der Waals surface area (Å²) in [6.07, 6.45) is 2.87. The van der Waals surface area contributed by atoms with Crippen LogP contribution in [0.4, 0.5) is 0 Å². The Balaban J connectivity index is 2.21. The third kappa shape index (κ3) is 3.46. The maximum absolute atomic E-state index is 5.91. The van der Waals surface area contributed by atoms with E-state index in [0.717, 1.165) is 41.8 Å². The van der Waals surface area contributed by atoms with E-state index in [2.05, 4.69) is 24.9 Å². The molecule has 102 valence electrons. The zero-order chi connectivity index (χ0) is 13.5. The van der Waals surface area contributed by atoms with E-state index in [1.165, 1.54) is 0 Å². The summed E-state index contributed by atoms with van der Waals surface area (Å²) in [7, 11) is 0. The topological polar surface area (TPSA) is 34.4 Å². The zero-order valence-corrected chi connectivity index (χ0v) is 11.4. The van der Waals surface area contributed by atoms with Crippen LogP contribution in [0.2, 0.25) is 0 Å². The minimum absolute atomic E-state index is 0.557. The van der Waals surface area contributed by atoms with Gasteiger partial charge in [0, 0.05) is 10.9 Å². The lowest BCUT2D eigenvalue weighted by molar-refractivity contribution is 0.148. The van der Waals surface area contributed by atoms with Crippen LogP contribution in [0.5, 0.6) is 0 Å². The first-order valence-electron chi connectivity index (χ1n) is 6.75. The number of rotatable bonds is 8. The Bertz CT molecular complexity index is 531. The fraction of sp³-hybridized carbons (Fsp3) is 0.375. The first kappa shape index (κ1) is 13.8. The second kappa shape index (κ2) is 7.12. The van der Waals surface area contributed by atoms with Crippen LogP contribution < -0.4 is 5.32 Å². The van der Waals surface area contributed by atoms with E-state index in [1.807, 2.05) is 18.2 Å². The molecule has 0 unspecified atom stereocenters. The van der Waals surface area contributed by atoms with Crippen LogP contribution in [-0.2, 0) is 17.9 Å². The Kier molecular flexibility index (Phi) is 5.19. The van der Waals surface area contributed by atoms with E-state index < -0.39 is 0 Å². The first-order chi connectivity index (χ1) is 9.36. The molecule has 1 aromatic carbocycles. The second-order valence-corrected chi connectivity index (χ2v) is 4.48. The van der Waals surface area contributed by atoms with Gasteiger partial charge in [-0.05, 0) is 19.0 Å². The van der Waals surface area contributed by atoms with Gasteiger partial charge in [0.15, 0.2) is 0 Å². The smallest absolute Gasteiger partial charge is 0.134 e. The molecule has 0 radical (unpaired) electrons. The third-order valence-electron chi connectivity index (χ3n) is 2.98. The summed E-state index contributed by atoms with van der Waals surface area (Å²) in [6, 6.07) is 8.09. The molecule has 0 fully saturated rings. The van der Waals surface area contributed by atoms with Crippen LogP contribution in [0.3, 0.4) is 0 Å². The highest BCUT2D eigenvalue weighted by molar-refractivity contribution is 5.82. The van der Waals surface area contributed by atoms with Gasteiger partial charge in [0.05, 0.1) is 19.8 Å². The van der Waals surface area contributed by atoms with Crippen molar-refractivity contribution in [3.8, 4) is 0 Å². The Labute approximate surface area is 114 Å². The fourth-order valence-corrected chi connectivity index (χ4v) is 2.07. The average Bonchev–Trinajstić information content (AvgIpc) is 2.78. The molecular formula is C16H21NO2. The lowest BCUT2D eigenvalue weighted by Crippen LogP contribution is -2.14. The Hall–Kier alpha value is -1.58. The van der Waals surface area contributed by atoms with Crippen molar-refractivity contribution in [1.29, 1.82) is 0 Å². The van der Waals surface area contributed by atoms with Crippen molar-refractivity contribution in [3.05, 3.63) is 48.2 Å². The van der Waals surface area contributed by atoms with Crippen molar-refractivity contribution in [2.75, 3.05) is 13.2 Å². The van der Waals surface area contributed by atoms with Crippen LogP contribution in [0.25, 0.3) is 11.0 Å². The maximum atomic E-state index is 5.91. The molecular weight excluding hydrogens is 238 g/mol. The van der Waals surface area contributed by atoms with Crippen LogP contribution in [0.1, 0.15) is 24.7 Å². The molecule has 0 bridgehead atoms. The SMILES string of the molecule is C=CCOCc1c(CNCCC)oc2ccccc12. The summed E-state index contributed by atoms with van der Waals surface area (Å²) in [5, 5.41) is 4.51. The molecule has 1 N–H and O–H groups in total. The van der Waals surface area contributed by atoms with Gasteiger partial charge in [-0.25, -0.2) is 0 Å². The Morgan fingerprint density at radius 2 is 2.21 bits per heavy atom. The van der Waals surface area contributed by atoms with Crippen molar-refractivity contribution in [2.45, 2.75) is 26.5 Å². The maximum Gasteiger partial charge on any atom is 0.134 e. The van der Waals surface area contributed by atoms with Crippen LogP contribution in [0.15, 0.2) is 41.3 Å². The van der Waals surface area contributed by atoms with E-state index in [9.17, 15) is 0 Å². The molecule has 3 heteroatoms. The summed E-state index contributed by atoms with van der Waals surface area (Å²) >= 11 is 0. The van der Waals surface area contributed by atoms with E-state index in [4.69, 9.17) is 9.15 Å². The molecule has 0 spiro atoms. The molecule has 0 amide bonds. The van der Waals surface area contributed by atoms with Crippen LogP contribution >= 0.6 is 0 Å². The van der Waals surface area contributed by atoms with E-state index in [1.54, 1.807) is 6.08 Å². The van der Waals surface area contributed by atoms with Crippen LogP contribution in [-0.4, -0.2) is 13.2 Å². The molecule has 0 saturated carbocycles. The van der Waals surface area contributed by atoms with Crippen molar-refractivity contribution in [1.82, 2.24) is 5.32 Å². The fourth-order valence-electron chi connectivity index (χ4n) is 2.07. The molecule has 0 atom stereocenters. The molecule has 2 aromatic rings. The average molecular weight is 259 g/mol. The predicted octanol–water partition coefficient (Wildman–Crippen LogP) is 3.64.